The van der Waals surface area contributed by atoms with E-state index in [1.165, 1.54) is 0 Å². The number of nitrogens with two attached hydrogens (primary N) is 1. The molecule has 2 rings (SSSR count). The largest absolute Gasteiger partial charge is 0.455 e. The van der Waals surface area contributed by atoms with Crippen molar-refractivity contribution in [2.24, 2.45) is 5.73 Å². The lowest BCUT2D eigenvalue weighted by Gasteiger charge is -2.13. The van der Waals surface area contributed by atoms with Gasteiger partial charge in [0.1, 0.15) is 11.5 Å². The van der Waals surface area contributed by atoms with Gasteiger partial charge in [0.25, 0.3) is 0 Å². The molecule has 1 aromatic carbocycles. The average molecular weight is 277 g/mol. The highest BCUT2D eigenvalue weighted by atomic mass is 35.5. The normalized spacial score (nSPS) is 10.5. The first-order valence-electron chi connectivity index (χ1n) is 6.27. The number of benzene rings is 1. The molecule has 1 aromatic heterocycles. The molecule has 0 atom stereocenters. The third kappa shape index (κ3) is 3.06. The van der Waals surface area contributed by atoms with Gasteiger partial charge in [-0.05, 0) is 37.6 Å². The SMILES string of the molecule is CCc1nc(C)ccc1Oc1cccc(Cl)c1CN. The Bertz CT molecular complexity index is 584. The Balaban J connectivity index is 2.39. The van der Waals surface area contributed by atoms with E-state index in [1.807, 2.05) is 37.3 Å². The standard InChI is InChI=1S/C15H17ClN2O/c1-3-13-15(8-7-10(2)18-13)19-14-6-4-5-12(16)11(14)9-17/h4-8H,3,9,17H2,1-2H3. The summed E-state index contributed by atoms with van der Waals surface area (Å²) in [5, 5.41) is 0.623. The Hall–Kier alpha value is -1.58. The smallest absolute Gasteiger partial charge is 0.148 e. The van der Waals surface area contributed by atoms with Crippen molar-refractivity contribution in [1.29, 1.82) is 0 Å². The first-order valence-corrected chi connectivity index (χ1v) is 6.65. The summed E-state index contributed by atoms with van der Waals surface area (Å²) in [7, 11) is 0. The van der Waals surface area contributed by atoms with E-state index in [-0.39, 0.29) is 0 Å². The van der Waals surface area contributed by atoms with Crippen molar-refractivity contribution in [1.82, 2.24) is 4.98 Å². The molecule has 0 aliphatic carbocycles. The van der Waals surface area contributed by atoms with Gasteiger partial charge in [0.2, 0.25) is 0 Å². The van der Waals surface area contributed by atoms with Crippen LogP contribution in [0.15, 0.2) is 30.3 Å². The average Bonchev–Trinajstić information content (AvgIpc) is 2.41. The van der Waals surface area contributed by atoms with Crippen molar-refractivity contribution in [2.75, 3.05) is 0 Å². The Morgan fingerprint density at radius 1 is 1.21 bits per heavy atom. The molecule has 100 valence electrons. The minimum absolute atomic E-state index is 0.343. The van der Waals surface area contributed by atoms with Crippen molar-refractivity contribution >= 4 is 11.6 Å². The number of halogens is 1. The van der Waals surface area contributed by atoms with Crippen LogP contribution >= 0.6 is 11.6 Å². The fourth-order valence-electron chi connectivity index (χ4n) is 1.89. The second-order valence-electron chi connectivity index (χ2n) is 4.27. The summed E-state index contributed by atoms with van der Waals surface area (Å²) < 4.78 is 5.93. The third-order valence-electron chi connectivity index (χ3n) is 2.91. The van der Waals surface area contributed by atoms with E-state index >= 15 is 0 Å². The van der Waals surface area contributed by atoms with Crippen LogP contribution in [0.1, 0.15) is 23.9 Å². The molecule has 0 aliphatic heterocycles. The predicted molar refractivity (Wildman–Crippen MR) is 77.8 cm³/mol. The minimum atomic E-state index is 0.343. The third-order valence-corrected chi connectivity index (χ3v) is 3.26. The van der Waals surface area contributed by atoms with E-state index in [0.717, 1.165) is 29.1 Å². The molecule has 1 heterocycles. The number of ether oxygens (including phenoxy) is 1. The molecule has 3 nitrogen and oxygen atoms in total. The van der Waals surface area contributed by atoms with Crippen LogP contribution in [0.3, 0.4) is 0 Å². The molecule has 0 spiro atoms. The molecule has 2 aromatic rings. The van der Waals surface area contributed by atoms with E-state index in [1.54, 1.807) is 0 Å². The number of hydrogen-bond donors (Lipinski definition) is 1. The fourth-order valence-corrected chi connectivity index (χ4v) is 2.14. The van der Waals surface area contributed by atoms with Crippen LogP contribution < -0.4 is 10.5 Å². The van der Waals surface area contributed by atoms with E-state index in [2.05, 4.69) is 11.9 Å². The fraction of sp³-hybridized carbons (Fsp3) is 0.267. The van der Waals surface area contributed by atoms with Gasteiger partial charge in [0, 0.05) is 22.8 Å². The van der Waals surface area contributed by atoms with Gasteiger partial charge in [-0.1, -0.05) is 24.6 Å². The summed E-state index contributed by atoms with van der Waals surface area (Å²) in [6, 6.07) is 9.39. The lowest BCUT2D eigenvalue weighted by molar-refractivity contribution is 0.467. The topological polar surface area (TPSA) is 48.1 Å². The van der Waals surface area contributed by atoms with E-state index in [9.17, 15) is 0 Å². The summed E-state index contributed by atoms with van der Waals surface area (Å²) in [6.45, 7) is 4.36. The second-order valence-corrected chi connectivity index (χ2v) is 4.68. The first-order chi connectivity index (χ1) is 9.15. The molecule has 0 bridgehead atoms. The van der Waals surface area contributed by atoms with Crippen molar-refractivity contribution in [3.05, 3.63) is 52.3 Å². The van der Waals surface area contributed by atoms with Crippen LogP contribution in [0.25, 0.3) is 0 Å². The molecule has 0 saturated carbocycles. The highest BCUT2D eigenvalue weighted by molar-refractivity contribution is 6.31. The predicted octanol–water partition coefficient (Wildman–Crippen LogP) is 3.86. The monoisotopic (exact) mass is 276 g/mol. The molecule has 0 saturated heterocycles. The summed E-state index contributed by atoms with van der Waals surface area (Å²) in [5.74, 6) is 1.44. The number of hydrogen-bond acceptors (Lipinski definition) is 3. The Morgan fingerprint density at radius 2 is 2.00 bits per heavy atom. The first kappa shape index (κ1) is 13.8. The van der Waals surface area contributed by atoms with E-state index in [0.29, 0.717) is 17.3 Å². The highest BCUT2D eigenvalue weighted by Gasteiger charge is 2.10. The quantitative estimate of drug-likeness (QED) is 0.922. The van der Waals surface area contributed by atoms with Crippen LogP contribution in [0.4, 0.5) is 0 Å². The Kier molecular flexibility index (Phi) is 4.40. The molecule has 0 radical (unpaired) electrons. The van der Waals surface area contributed by atoms with Crippen LogP contribution in [-0.2, 0) is 13.0 Å². The lowest BCUT2D eigenvalue weighted by atomic mass is 10.2. The van der Waals surface area contributed by atoms with Crippen molar-refractivity contribution in [3.8, 4) is 11.5 Å². The van der Waals surface area contributed by atoms with Gasteiger partial charge in [0.15, 0.2) is 0 Å². The molecule has 0 fully saturated rings. The van der Waals surface area contributed by atoms with Crippen molar-refractivity contribution in [3.63, 3.8) is 0 Å². The van der Waals surface area contributed by atoms with Gasteiger partial charge in [-0.3, -0.25) is 4.98 Å². The molecule has 2 N–H and O–H groups in total. The van der Waals surface area contributed by atoms with Crippen molar-refractivity contribution < 1.29 is 4.74 Å². The summed E-state index contributed by atoms with van der Waals surface area (Å²) in [6.07, 6.45) is 0.815. The van der Waals surface area contributed by atoms with Gasteiger partial charge in [-0.25, -0.2) is 0 Å². The Labute approximate surface area is 118 Å². The number of rotatable bonds is 4. The Morgan fingerprint density at radius 3 is 2.68 bits per heavy atom. The van der Waals surface area contributed by atoms with E-state index < -0.39 is 0 Å². The van der Waals surface area contributed by atoms with Gasteiger partial charge < -0.3 is 10.5 Å². The molecular weight excluding hydrogens is 260 g/mol. The van der Waals surface area contributed by atoms with Gasteiger partial charge in [-0.15, -0.1) is 0 Å². The summed E-state index contributed by atoms with van der Waals surface area (Å²) >= 11 is 6.12. The molecule has 19 heavy (non-hydrogen) atoms. The molecule has 0 aliphatic rings. The van der Waals surface area contributed by atoms with Crippen LogP contribution in [-0.4, -0.2) is 4.98 Å². The number of pyridine rings is 1. The molecule has 0 unspecified atom stereocenters. The highest BCUT2D eigenvalue weighted by Crippen LogP contribution is 2.31. The molecule has 4 heteroatoms. The lowest BCUT2D eigenvalue weighted by Crippen LogP contribution is -2.02. The van der Waals surface area contributed by atoms with Gasteiger partial charge in [0.05, 0.1) is 5.69 Å². The maximum atomic E-state index is 6.12. The minimum Gasteiger partial charge on any atom is -0.455 e. The van der Waals surface area contributed by atoms with Crippen molar-refractivity contribution in [2.45, 2.75) is 26.8 Å². The number of nitrogens with zero attached hydrogens (tertiary/aromatic N) is 1. The zero-order valence-corrected chi connectivity index (χ0v) is 11.9. The van der Waals surface area contributed by atoms with Crippen LogP contribution in [0.5, 0.6) is 11.5 Å². The molecular formula is C15H17ClN2O. The molecule has 0 amide bonds. The van der Waals surface area contributed by atoms with Gasteiger partial charge in [-0.2, -0.15) is 0 Å². The summed E-state index contributed by atoms with van der Waals surface area (Å²) in [5.41, 5.74) is 8.45. The zero-order valence-electron chi connectivity index (χ0n) is 11.1. The van der Waals surface area contributed by atoms with Crippen LogP contribution in [0.2, 0.25) is 5.02 Å². The van der Waals surface area contributed by atoms with Gasteiger partial charge >= 0.3 is 0 Å². The maximum Gasteiger partial charge on any atom is 0.148 e. The second kappa shape index (κ2) is 6.04. The zero-order chi connectivity index (χ0) is 13.8. The van der Waals surface area contributed by atoms with E-state index in [4.69, 9.17) is 22.1 Å². The number of aromatic nitrogens is 1. The summed E-state index contributed by atoms with van der Waals surface area (Å²) in [4.78, 5) is 4.48. The van der Waals surface area contributed by atoms with Crippen LogP contribution in [0, 0.1) is 6.92 Å². The maximum absolute atomic E-state index is 6.12. The number of aryl methyl sites for hydroxylation is 2.